The predicted molar refractivity (Wildman–Crippen MR) is 56.3 cm³/mol. The molecule has 0 radical (unpaired) electrons. The van der Waals surface area contributed by atoms with E-state index in [0.29, 0.717) is 6.42 Å². The Hall–Kier alpha value is 0.0969. The molecule has 0 saturated carbocycles. The summed E-state index contributed by atoms with van der Waals surface area (Å²) in [4.78, 5) is 0. The van der Waals surface area contributed by atoms with E-state index in [1.165, 1.54) is 0 Å². The average Bonchev–Trinajstić information content (AvgIpc) is 2.01. The van der Waals surface area contributed by atoms with Gasteiger partial charge in [0.15, 0.2) is 0 Å². The van der Waals surface area contributed by atoms with Gasteiger partial charge in [-0.2, -0.15) is 0 Å². The molecule has 0 aliphatic rings. The van der Waals surface area contributed by atoms with Gasteiger partial charge < -0.3 is 15.3 Å². The number of aliphatic hydroxyl groups is 3. The van der Waals surface area contributed by atoms with Crippen LogP contribution < -0.4 is 0 Å². The quantitative estimate of drug-likeness (QED) is 0.582. The molecule has 2 atom stereocenters. The first-order valence-electron chi connectivity index (χ1n) is 4.81. The second-order valence-electron chi connectivity index (χ2n) is 4.62. The molecule has 13 heavy (non-hydrogen) atoms. The molecule has 0 aromatic carbocycles. The highest BCUT2D eigenvalue weighted by atomic mass is 28.3. The maximum Gasteiger partial charge on any atom is 0.103 e. The smallest absolute Gasteiger partial charge is 0.103 e. The van der Waals surface area contributed by atoms with E-state index in [1.54, 1.807) is 0 Å². The van der Waals surface area contributed by atoms with Gasteiger partial charge in [0, 0.05) is 0 Å². The molecule has 0 aromatic heterocycles. The Morgan fingerprint density at radius 1 is 1.31 bits per heavy atom. The maximum absolute atomic E-state index is 10.3. The fourth-order valence-electron chi connectivity index (χ4n) is 1.57. The molecule has 0 fully saturated rings. The Balaban J connectivity index is 4.72. The fraction of sp³-hybridized carbons (Fsp3) is 1.00. The highest BCUT2D eigenvalue weighted by Gasteiger charge is 2.46. The van der Waals surface area contributed by atoms with E-state index < -0.39 is 19.4 Å². The van der Waals surface area contributed by atoms with Crippen LogP contribution in [0.2, 0.25) is 19.6 Å². The van der Waals surface area contributed by atoms with Crippen molar-refractivity contribution in [1.82, 2.24) is 0 Å². The summed E-state index contributed by atoms with van der Waals surface area (Å²) >= 11 is 0. The molecule has 0 aromatic rings. The van der Waals surface area contributed by atoms with Crippen molar-refractivity contribution in [1.29, 1.82) is 0 Å². The standard InChI is InChI=1S/C9H22O3Si/c1-5-6-9(12,8(11)7-10)13(2,3)4/h8,10-12H,5-7H2,1-4H3. The molecule has 80 valence electrons. The SMILES string of the molecule is CCCC(O)(C(O)CO)[Si](C)(C)C. The third-order valence-electron chi connectivity index (χ3n) is 2.65. The molecular formula is C9H22O3Si. The van der Waals surface area contributed by atoms with Crippen LogP contribution in [0.3, 0.4) is 0 Å². The predicted octanol–water partition coefficient (Wildman–Crippen LogP) is 0.748. The number of hydrogen-bond acceptors (Lipinski definition) is 3. The van der Waals surface area contributed by atoms with E-state index in [1.807, 2.05) is 26.6 Å². The minimum atomic E-state index is -1.87. The first kappa shape index (κ1) is 13.1. The lowest BCUT2D eigenvalue weighted by molar-refractivity contribution is -0.0531. The zero-order valence-corrected chi connectivity index (χ0v) is 10.0. The maximum atomic E-state index is 10.3. The van der Waals surface area contributed by atoms with Crippen LogP contribution in [0.4, 0.5) is 0 Å². The summed E-state index contributed by atoms with van der Waals surface area (Å²) in [5.74, 6) is 0. The second-order valence-corrected chi connectivity index (χ2v) is 9.99. The van der Waals surface area contributed by atoms with Gasteiger partial charge in [0.05, 0.1) is 19.9 Å². The minimum Gasteiger partial charge on any atom is -0.394 e. The Morgan fingerprint density at radius 3 is 2.00 bits per heavy atom. The molecule has 3 N–H and O–H groups in total. The van der Waals surface area contributed by atoms with E-state index in [9.17, 15) is 10.2 Å². The van der Waals surface area contributed by atoms with Crippen molar-refractivity contribution in [3.05, 3.63) is 0 Å². The third-order valence-corrected chi connectivity index (χ3v) is 5.83. The summed E-state index contributed by atoms with van der Waals surface area (Å²) in [5.41, 5.74) is 0. The molecule has 4 heteroatoms. The highest BCUT2D eigenvalue weighted by Crippen LogP contribution is 2.29. The molecule has 0 saturated heterocycles. The van der Waals surface area contributed by atoms with Gasteiger partial charge in [0.25, 0.3) is 0 Å². The summed E-state index contributed by atoms with van der Waals surface area (Å²) in [6.07, 6.45) is 0.376. The lowest BCUT2D eigenvalue weighted by atomic mass is 10.1. The number of aliphatic hydroxyl groups excluding tert-OH is 2. The van der Waals surface area contributed by atoms with Crippen LogP contribution in [0.15, 0.2) is 0 Å². The van der Waals surface area contributed by atoms with Gasteiger partial charge in [0.2, 0.25) is 0 Å². The monoisotopic (exact) mass is 206 g/mol. The zero-order valence-electron chi connectivity index (χ0n) is 9.04. The van der Waals surface area contributed by atoms with Crippen LogP contribution in [-0.4, -0.2) is 41.3 Å². The third kappa shape index (κ3) is 2.77. The Bertz CT molecular complexity index is 155. The molecule has 0 rings (SSSR count). The van der Waals surface area contributed by atoms with Gasteiger partial charge >= 0.3 is 0 Å². The van der Waals surface area contributed by atoms with Gasteiger partial charge in [-0.15, -0.1) is 0 Å². The fourth-order valence-corrected chi connectivity index (χ4v) is 3.66. The molecule has 0 heterocycles. The van der Waals surface area contributed by atoms with Gasteiger partial charge in [-0.05, 0) is 6.42 Å². The van der Waals surface area contributed by atoms with Crippen molar-refractivity contribution in [3.8, 4) is 0 Å². The van der Waals surface area contributed by atoms with Gasteiger partial charge in [0.1, 0.15) is 6.10 Å². The molecule has 0 aliphatic carbocycles. The lowest BCUT2D eigenvalue weighted by Crippen LogP contribution is -2.61. The normalized spacial score (nSPS) is 19.6. The number of rotatable bonds is 5. The first-order valence-corrected chi connectivity index (χ1v) is 8.31. The van der Waals surface area contributed by atoms with E-state index >= 15 is 0 Å². The van der Waals surface area contributed by atoms with E-state index in [2.05, 4.69) is 0 Å². The van der Waals surface area contributed by atoms with Gasteiger partial charge in [-0.3, -0.25) is 0 Å². The molecule has 3 nitrogen and oxygen atoms in total. The van der Waals surface area contributed by atoms with Crippen LogP contribution in [0.1, 0.15) is 19.8 Å². The van der Waals surface area contributed by atoms with Crippen molar-refractivity contribution >= 4 is 8.07 Å². The molecule has 0 amide bonds. The van der Waals surface area contributed by atoms with Crippen molar-refractivity contribution in [3.63, 3.8) is 0 Å². The van der Waals surface area contributed by atoms with Crippen molar-refractivity contribution in [2.75, 3.05) is 6.61 Å². The van der Waals surface area contributed by atoms with Crippen LogP contribution in [0, 0.1) is 0 Å². The van der Waals surface area contributed by atoms with Crippen LogP contribution in [-0.2, 0) is 0 Å². The number of hydrogen-bond donors (Lipinski definition) is 3. The largest absolute Gasteiger partial charge is 0.394 e. The molecule has 0 aliphatic heterocycles. The molecule has 0 spiro atoms. The Morgan fingerprint density at radius 2 is 1.77 bits per heavy atom. The van der Waals surface area contributed by atoms with Crippen molar-refractivity contribution in [2.24, 2.45) is 0 Å². The van der Waals surface area contributed by atoms with Crippen LogP contribution in [0.5, 0.6) is 0 Å². The topological polar surface area (TPSA) is 60.7 Å². The van der Waals surface area contributed by atoms with Crippen LogP contribution >= 0.6 is 0 Å². The molecule has 0 bridgehead atoms. The summed E-state index contributed by atoms with van der Waals surface area (Å²) in [6, 6.07) is 0. The molecular weight excluding hydrogens is 184 g/mol. The van der Waals surface area contributed by atoms with E-state index in [-0.39, 0.29) is 6.61 Å². The summed E-state index contributed by atoms with van der Waals surface area (Å²) < 4.78 is 0. The minimum absolute atomic E-state index is 0.360. The second kappa shape index (κ2) is 4.55. The van der Waals surface area contributed by atoms with Crippen LogP contribution in [0.25, 0.3) is 0 Å². The van der Waals surface area contributed by atoms with Crippen molar-refractivity contribution < 1.29 is 15.3 Å². The Kier molecular flexibility index (Phi) is 4.58. The zero-order chi connectivity index (χ0) is 10.7. The Labute approximate surface area is 81.4 Å². The lowest BCUT2D eigenvalue weighted by Gasteiger charge is -2.42. The highest BCUT2D eigenvalue weighted by molar-refractivity contribution is 6.79. The first-order chi connectivity index (χ1) is 5.79. The van der Waals surface area contributed by atoms with E-state index in [4.69, 9.17) is 5.11 Å². The van der Waals surface area contributed by atoms with Crippen molar-refractivity contribution in [2.45, 2.75) is 50.7 Å². The van der Waals surface area contributed by atoms with Gasteiger partial charge in [-0.1, -0.05) is 33.0 Å². The average molecular weight is 206 g/mol. The van der Waals surface area contributed by atoms with E-state index in [0.717, 1.165) is 6.42 Å². The summed E-state index contributed by atoms with van der Waals surface area (Å²) in [5, 5.41) is 27.7. The summed E-state index contributed by atoms with van der Waals surface area (Å²) in [6.45, 7) is 7.61. The summed E-state index contributed by atoms with van der Waals surface area (Å²) in [7, 11) is -1.87. The molecule has 2 unspecified atom stereocenters. The van der Waals surface area contributed by atoms with Gasteiger partial charge in [-0.25, -0.2) is 0 Å².